The van der Waals surface area contributed by atoms with E-state index < -0.39 is 5.60 Å². The maximum absolute atomic E-state index is 12.4. The van der Waals surface area contributed by atoms with Crippen LogP contribution >= 0.6 is 0 Å². The van der Waals surface area contributed by atoms with Crippen LogP contribution in [-0.2, 0) is 17.8 Å². The topological polar surface area (TPSA) is 129 Å². The molecule has 1 aliphatic heterocycles. The molecule has 222 valence electrons. The van der Waals surface area contributed by atoms with Crippen molar-refractivity contribution in [3.63, 3.8) is 0 Å². The molecule has 1 amide bonds. The van der Waals surface area contributed by atoms with Gasteiger partial charge in [0.15, 0.2) is 5.84 Å². The Labute approximate surface area is 247 Å². The van der Waals surface area contributed by atoms with Crippen molar-refractivity contribution in [2.75, 3.05) is 26.2 Å². The van der Waals surface area contributed by atoms with Crippen molar-refractivity contribution in [2.24, 2.45) is 10.7 Å². The molecule has 4 aromatic rings. The van der Waals surface area contributed by atoms with Crippen LogP contribution in [0.2, 0.25) is 0 Å². The fourth-order valence-electron chi connectivity index (χ4n) is 4.89. The smallest absolute Gasteiger partial charge is 0.410 e. The molecule has 3 heterocycles. The molecule has 0 atom stereocenters. The van der Waals surface area contributed by atoms with E-state index in [9.17, 15) is 4.79 Å². The number of nitrogens with zero attached hydrogens (tertiary/aromatic N) is 5. The summed E-state index contributed by atoms with van der Waals surface area (Å²) in [6, 6.07) is 18.5. The number of carbonyl (C=O) groups is 1. The SMILES string of the molecule is CC.CC(C)(C)OC(=O)N1CCN(Cc2cc(-c3ccc4cn(Cc5ccccc5)nc4c3)c(C(=N)N=CN)[nH]2)CC1. The lowest BCUT2D eigenvalue weighted by Crippen LogP contribution is -2.49. The second-order valence-electron chi connectivity index (χ2n) is 11.0. The van der Waals surface area contributed by atoms with E-state index in [0.717, 1.165) is 47.2 Å². The lowest BCUT2D eigenvalue weighted by Gasteiger charge is -2.35. The first-order valence-corrected chi connectivity index (χ1v) is 14.5. The molecule has 0 bridgehead atoms. The lowest BCUT2D eigenvalue weighted by atomic mass is 10.0. The zero-order valence-electron chi connectivity index (χ0n) is 25.2. The van der Waals surface area contributed by atoms with Gasteiger partial charge in [0.25, 0.3) is 0 Å². The molecule has 0 unspecified atom stereocenters. The molecule has 1 fully saturated rings. The summed E-state index contributed by atoms with van der Waals surface area (Å²) < 4.78 is 7.47. The molecule has 5 rings (SSSR count). The Bertz CT molecular complexity index is 1520. The fraction of sp³-hybridized carbons (Fsp3) is 0.375. The van der Waals surface area contributed by atoms with Crippen LogP contribution in [0.25, 0.3) is 22.0 Å². The van der Waals surface area contributed by atoms with Crippen LogP contribution in [0.3, 0.4) is 0 Å². The molecule has 0 aliphatic carbocycles. The third kappa shape index (κ3) is 7.64. The largest absolute Gasteiger partial charge is 0.444 e. The predicted octanol–water partition coefficient (Wildman–Crippen LogP) is 5.47. The lowest BCUT2D eigenvalue weighted by molar-refractivity contribution is 0.0138. The monoisotopic (exact) mass is 570 g/mol. The van der Waals surface area contributed by atoms with Crippen molar-refractivity contribution in [1.82, 2.24) is 24.6 Å². The van der Waals surface area contributed by atoms with Gasteiger partial charge < -0.3 is 20.4 Å². The minimum atomic E-state index is -0.509. The number of fused-ring (bicyclic) bond motifs is 1. The van der Waals surface area contributed by atoms with Crippen LogP contribution in [0.4, 0.5) is 4.79 Å². The number of H-pyrrole nitrogens is 1. The van der Waals surface area contributed by atoms with E-state index in [4.69, 9.17) is 21.0 Å². The average molecular weight is 571 g/mol. The molecule has 4 N–H and O–H groups in total. The Kier molecular flexibility index (Phi) is 9.80. The number of nitrogens with two attached hydrogens (primary N) is 1. The van der Waals surface area contributed by atoms with Crippen molar-refractivity contribution in [2.45, 2.75) is 53.3 Å². The quantitative estimate of drug-likeness (QED) is 0.209. The van der Waals surface area contributed by atoms with Gasteiger partial charge in [0.05, 0.1) is 24.1 Å². The number of ether oxygens (including phenoxy) is 1. The van der Waals surface area contributed by atoms with Crippen LogP contribution in [0.5, 0.6) is 0 Å². The van der Waals surface area contributed by atoms with Gasteiger partial charge in [-0.2, -0.15) is 5.10 Å². The summed E-state index contributed by atoms with van der Waals surface area (Å²) in [7, 11) is 0. The molecule has 10 nitrogen and oxygen atoms in total. The van der Waals surface area contributed by atoms with Crippen LogP contribution in [-0.4, -0.2) is 74.6 Å². The number of piperazine rings is 1. The fourth-order valence-corrected chi connectivity index (χ4v) is 4.89. The highest BCUT2D eigenvalue weighted by molar-refractivity contribution is 6.05. The number of aromatic amines is 1. The Morgan fingerprint density at radius 1 is 1.07 bits per heavy atom. The Morgan fingerprint density at radius 3 is 2.45 bits per heavy atom. The number of amidine groups is 1. The van der Waals surface area contributed by atoms with Gasteiger partial charge in [-0.05, 0) is 44.0 Å². The number of hydrogen-bond donors (Lipinski definition) is 3. The van der Waals surface area contributed by atoms with Gasteiger partial charge in [0.1, 0.15) is 5.60 Å². The van der Waals surface area contributed by atoms with Gasteiger partial charge in [-0.3, -0.25) is 15.0 Å². The Balaban J connectivity index is 0.00000198. The number of nitrogens with one attached hydrogen (secondary N) is 2. The third-order valence-corrected chi connectivity index (χ3v) is 6.78. The van der Waals surface area contributed by atoms with Crippen molar-refractivity contribution in [3.05, 3.63) is 77.7 Å². The van der Waals surface area contributed by atoms with Crippen molar-refractivity contribution in [3.8, 4) is 11.1 Å². The molecule has 2 aromatic heterocycles. The molecule has 10 heteroatoms. The predicted molar refractivity (Wildman–Crippen MR) is 169 cm³/mol. The summed E-state index contributed by atoms with van der Waals surface area (Å²) in [5.74, 6) is 0.0631. The average Bonchev–Trinajstić information content (AvgIpc) is 3.57. The highest BCUT2D eigenvalue weighted by Crippen LogP contribution is 2.29. The molecule has 0 radical (unpaired) electrons. The first-order chi connectivity index (χ1) is 20.2. The summed E-state index contributed by atoms with van der Waals surface area (Å²) in [4.78, 5) is 23.9. The first kappa shape index (κ1) is 30.5. The first-order valence-electron chi connectivity index (χ1n) is 14.5. The number of rotatable bonds is 6. The highest BCUT2D eigenvalue weighted by Gasteiger charge is 2.26. The summed E-state index contributed by atoms with van der Waals surface area (Å²) in [6.07, 6.45) is 2.91. The van der Waals surface area contributed by atoms with E-state index in [0.29, 0.717) is 31.9 Å². The molecule has 1 saturated heterocycles. The van der Waals surface area contributed by atoms with Gasteiger partial charge >= 0.3 is 6.09 Å². The van der Waals surface area contributed by atoms with Gasteiger partial charge in [-0.15, -0.1) is 0 Å². The Morgan fingerprint density at radius 2 is 1.79 bits per heavy atom. The minimum Gasteiger partial charge on any atom is -0.444 e. The molecular formula is C32H42N8O2. The van der Waals surface area contributed by atoms with Crippen LogP contribution in [0, 0.1) is 5.41 Å². The van der Waals surface area contributed by atoms with E-state index in [-0.39, 0.29) is 11.9 Å². The van der Waals surface area contributed by atoms with Crippen LogP contribution in [0.15, 0.2) is 65.8 Å². The van der Waals surface area contributed by atoms with E-state index in [1.807, 2.05) is 75.8 Å². The minimum absolute atomic E-state index is 0.0631. The molecular weight excluding hydrogens is 528 g/mol. The zero-order chi connectivity index (χ0) is 30.3. The normalized spacial score (nSPS) is 14.2. The number of amides is 1. The number of benzene rings is 2. The number of hydrogen-bond acceptors (Lipinski definition) is 5. The summed E-state index contributed by atoms with van der Waals surface area (Å²) in [5, 5.41) is 14.3. The van der Waals surface area contributed by atoms with Crippen molar-refractivity contribution < 1.29 is 9.53 Å². The van der Waals surface area contributed by atoms with Crippen molar-refractivity contribution >= 4 is 29.2 Å². The maximum Gasteiger partial charge on any atom is 0.410 e. The van der Waals surface area contributed by atoms with Crippen molar-refractivity contribution in [1.29, 1.82) is 5.41 Å². The Hall–Kier alpha value is -4.44. The molecule has 2 aromatic carbocycles. The summed E-state index contributed by atoms with van der Waals surface area (Å²) in [5.41, 5.74) is 10.5. The van der Waals surface area contributed by atoms with Crippen LogP contribution in [0.1, 0.15) is 51.6 Å². The van der Waals surface area contributed by atoms with E-state index in [2.05, 4.69) is 39.1 Å². The molecule has 1 aliphatic rings. The molecule has 42 heavy (non-hydrogen) atoms. The van der Waals surface area contributed by atoms with Gasteiger partial charge in [-0.25, -0.2) is 9.79 Å². The highest BCUT2D eigenvalue weighted by atomic mass is 16.6. The second-order valence-corrected chi connectivity index (χ2v) is 11.0. The van der Waals surface area contributed by atoms with Gasteiger partial charge in [0, 0.05) is 55.6 Å². The number of aliphatic imine (C=N–C) groups is 1. The molecule has 0 spiro atoms. The number of aromatic nitrogens is 3. The zero-order valence-corrected chi connectivity index (χ0v) is 25.2. The van der Waals surface area contributed by atoms with E-state index in [1.54, 1.807) is 4.90 Å². The van der Waals surface area contributed by atoms with Gasteiger partial charge in [0.2, 0.25) is 0 Å². The van der Waals surface area contributed by atoms with E-state index >= 15 is 0 Å². The van der Waals surface area contributed by atoms with E-state index in [1.165, 1.54) is 5.56 Å². The second kappa shape index (κ2) is 13.5. The maximum atomic E-state index is 12.4. The summed E-state index contributed by atoms with van der Waals surface area (Å²) >= 11 is 0. The standard InChI is InChI=1S/C30H36N8O2.C2H6/c1-30(2,3)40-29(39)37-13-11-36(12-14-37)19-24-16-25(27(34-24)28(32)33-20-31)22-9-10-23-18-38(35-26(23)15-22)17-21-7-5-4-6-8-21;1-2/h4-10,15-16,18,20,34H,11-14,17,19H2,1-3H3,(H3,31,32,33);1-2H3. The molecule has 0 saturated carbocycles. The third-order valence-electron chi connectivity index (χ3n) is 6.78. The van der Waals surface area contributed by atoms with Crippen LogP contribution < -0.4 is 5.73 Å². The van der Waals surface area contributed by atoms with Gasteiger partial charge in [-0.1, -0.05) is 56.3 Å². The summed E-state index contributed by atoms with van der Waals surface area (Å²) in [6.45, 7) is 13.6. The number of carbonyl (C=O) groups excluding carboxylic acids is 1.